The molecular formula is C17H28O4. The van der Waals surface area contributed by atoms with E-state index in [-0.39, 0.29) is 6.61 Å². The van der Waals surface area contributed by atoms with E-state index in [1.165, 1.54) is 32.1 Å². The maximum absolute atomic E-state index is 9.00. The van der Waals surface area contributed by atoms with Crippen molar-refractivity contribution in [2.45, 2.75) is 59.0 Å². The van der Waals surface area contributed by atoms with Crippen molar-refractivity contribution in [1.29, 1.82) is 0 Å². The van der Waals surface area contributed by atoms with Crippen molar-refractivity contribution in [3.63, 3.8) is 0 Å². The topological polar surface area (TPSA) is 66.8 Å². The van der Waals surface area contributed by atoms with Crippen LogP contribution in [0.2, 0.25) is 0 Å². The van der Waals surface area contributed by atoms with E-state index < -0.39 is 5.97 Å². The van der Waals surface area contributed by atoms with Crippen LogP contribution in [0.15, 0.2) is 24.3 Å². The molecule has 0 saturated carbocycles. The van der Waals surface area contributed by atoms with E-state index in [4.69, 9.17) is 19.7 Å². The summed E-state index contributed by atoms with van der Waals surface area (Å²) < 4.78 is 5.63. The van der Waals surface area contributed by atoms with Crippen LogP contribution in [0, 0.1) is 0 Å². The SMILES string of the molecule is CC(=O)O.CCCCCCCCOc1ccc(CO)cc1. The summed E-state index contributed by atoms with van der Waals surface area (Å²) in [5.74, 6) is 0.0655. The van der Waals surface area contributed by atoms with Gasteiger partial charge in [0.2, 0.25) is 0 Å². The van der Waals surface area contributed by atoms with Gasteiger partial charge in [-0.15, -0.1) is 0 Å². The molecule has 0 unspecified atom stereocenters. The van der Waals surface area contributed by atoms with Gasteiger partial charge < -0.3 is 14.9 Å². The zero-order chi connectivity index (χ0) is 15.9. The second-order valence-corrected chi connectivity index (χ2v) is 4.94. The summed E-state index contributed by atoms with van der Waals surface area (Å²) in [5.41, 5.74) is 0.928. The summed E-state index contributed by atoms with van der Waals surface area (Å²) in [4.78, 5) is 9.00. The Hall–Kier alpha value is -1.55. The average Bonchev–Trinajstić information content (AvgIpc) is 2.46. The van der Waals surface area contributed by atoms with Gasteiger partial charge in [-0.1, -0.05) is 51.2 Å². The smallest absolute Gasteiger partial charge is 0.300 e. The Kier molecular flexibility index (Phi) is 12.4. The van der Waals surface area contributed by atoms with E-state index in [2.05, 4.69) is 6.92 Å². The molecule has 0 heterocycles. The van der Waals surface area contributed by atoms with E-state index in [0.29, 0.717) is 0 Å². The van der Waals surface area contributed by atoms with Gasteiger partial charge >= 0.3 is 0 Å². The number of aliphatic hydroxyl groups is 1. The number of benzene rings is 1. The van der Waals surface area contributed by atoms with E-state index >= 15 is 0 Å². The Morgan fingerprint density at radius 3 is 2.10 bits per heavy atom. The molecule has 2 N–H and O–H groups in total. The van der Waals surface area contributed by atoms with Gasteiger partial charge in [-0.2, -0.15) is 0 Å². The average molecular weight is 296 g/mol. The molecule has 120 valence electrons. The molecule has 1 aromatic carbocycles. The van der Waals surface area contributed by atoms with Crippen LogP contribution >= 0.6 is 0 Å². The normalized spacial score (nSPS) is 9.67. The number of hydrogen-bond acceptors (Lipinski definition) is 3. The summed E-state index contributed by atoms with van der Waals surface area (Å²) in [6.45, 7) is 4.21. The lowest BCUT2D eigenvalue weighted by Crippen LogP contribution is -1.97. The predicted molar refractivity (Wildman–Crippen MR) is 84.5 cm³/mol. The van der Waals surface area contributed by atoms with Gasteiger partial charge in [0.15, 0.2) is 0 Å². The molecule has 0 fully saturated rings. The lowest BCUT2D eigenvalue weighted by molar-refractivity contribution is -0.134. The zero-order valence-electron chi connectivity index (χ0n) is 13.2. The van der Waals surface area contributed by atoms with Gasteiger partial charge in [-0.25, -0.2) is 0 Å². The van der Waals surface area contributed by atoms with E-state index in [0.717, 1.165) is 31.3 Å². The molecule has 0 aliphatic carbocycles. The lowest BCUT2D eigenvalue weighted by Gasteiger charge is -2.06. The summed E-state index contributed by atoms with van der Waals surface area (Å²) >= 11 is 0. The third-order valence-electron chi connectivity index (χ3n) is 2.87. The maximum atomic E-state index is 9.00. The first-order valence-corrected chi connectivity index (χ1v) is 7.62. The highest BCUT2D eigenvalue weighted by atomic mass is 16.5. The predicted octanol–water partition coefficient (Wildman–Crippen LogP) is 4.01. The molecule has 0 bridgehead atoms. The number of aliphatic carboxylic acids is 1. The molecule has 0 amide bonds. The monoisotopic (exact) mass is 296 g/mol. The zero-order valence-corrected chi connectivity index (χ0v) is 13.2. The molecule has 0 saturated heterocycles. The molecule has 0 aliphatic heterocycles. The van der Waals surface area contributed by atoms with Gasteiger partial charge in [-0.3, -0.25) is 4.79 Å². The second-order valence-electron chi connectivity index (χ2n) is 4.94. The minimum atomic E-state index is -0.833. The molecule has 4 heteroatoms. The highest BCUT2D eigenvalue weighted by molar-refractivity contribution is 5.62. The molecule has 1 rings (SSSR count). The van der Waals surface area contributed by atoms with Crippen molar-refractivity contribution >= 4 is 5.97 Å². The molecule has 0 spiro atoms. The number of ether oxygens (including phenoxy) is 1. The van der Waals surface area contributed by atoms with Crippen molar-refractivity contribution in [3.05, 3.63) is 29.8 Å². The van der Waals surface area contributed by atoms with Gasteiger partial charge in [0.25, 0.3) is 5.97 Å². The Labute approximate surface area is 127 Å². The summed E-state index contributed by atoms with van der Waals surface area (Å²) in [7, 11) is 0. The Morgan fingerprint density at radius 1 is 1.05 bits per heavy atom. The van der Waals surface area contributed by atoms with Gasteiger partial charge in [-0.05, 0) is 24.1 Å². The first-order chi connectivity index (χ1) is 10.1. The van der Waals surface area contributed by atoms with Crippen LogP contribution in [-0.4, -0.2) is 22.8 Å². The Bertz CT molecular complexity index is 356. The van der Waals surface area contributed by atoms with Gasteiger partial charge in [0.1, 0.15) is 5.75 Å². The molecule has 0 aliphatic rings. The van der Waals surface area contributed by atoms with E-state index in [1.54, 1.807) is 0 Å². The fraction of sp³-hybridized carbons (Fsp3) is 0.588. The molecule has 21 heavy (non-hydrogen) atoms. The van der Waals surface area contributed by atoms with Crippen molar-refractivity contribution in [1.82, 2.24) is 0 Å². The van der Waals surface area contributed by atoms with Crippen LogP contribution in [0.3, 0.4) is 0 Å². The van der Waals surface area contributed by atoms with Crippen LogP contribution in [0.4, 0.5) is 0 Å². The maximum Gasteiger partial charge on any atom is 0.300 e. The fourth-order valence-corrected chi connectivity index (χ4v) is 1.76. The van der Waals surface area contributed by atoms with Crippen molar-refractivity contribution in [2.75, 3.05) is 6.61 Å². The van der Waals surface area contributed by atoms with Crippen molar-refractivity contribution in [2.24, 2.45) is 0 Å². The first-order valence-electron chi connectivity index (χ1n) is 7.62. The van der Waals surface area contributed by atoms with Crippen molar-refractivity contribution < 1.29 is 19.7 Å². The summed E-state index contributed by atoms with van der Waals surface area (Å²) in [5, 5.41) is 16.3. The molecule has 0 atom stereocenters. The van der Waals surface area contributed by atoms with E-state index in [1.807, 2.05) is 24.3 Å². The van der Waals surface area contributed by atoms with Crippen LogP contribution in [0.25, 0.3) is 0 Å². The standard InChI is InChI=1S/C15H24O2.C2H4O2/c1-2-3-4-5-6-7-12-17-15-10-8-14(13-16)9-11-15;1-2(3)4/h8-11,16H,2-7,12-13H2,1H3;1H3,(H,3,4). The fourth-order valence-electron chi connectivity index (χ4n) is 1.76. The van der Waals surface area contributed by atoms with Gasteiger partial charge in [0, 0.05) is 6.92 Å². The minimum absolute atomic E-state index is 0.0949. The third kappa shape index (κ3) is 13.2. The quantitative estimate of drug-likeness (QED) is 0.676. The van der Waals surface area contributed by atoms with Crippen LogP contribution in [-0.2, 0) is 11.4 Å². The highest BCUT2D eigenvalue weighted by Gasteiger charge is 1.95. The molecule has 1 aromatic rings. The molecule has 0 radical (unpaired) electrons. The van der Waals surface area contributed by atoms with E-state index in [9.17, 15) is 0 Å². The Balaban J connectivity index is 0.000000885. The number of rotatable bonds is 9. The van der Waals surface area contributed by atoms with Gasteiger partial charge in [0.05, 0.1) is 13.2 Å². The van der Waals surface area contributed by atoms with Crippen LogP contribution < -0.4 is 4.74 Å². The summed E-state index contributed by atoms with van der Waals surface area (Å²) in [6.07, 6.45) is 7.71. The Morgan fingerprint density at radius 2 is 1.57 bits per heavy atom. The number of hydrogen-bond donors (Lipinski definition) is 2. The number of carboxylic acid groups (broad SMARTS) is 1. The van der Waals surface area contributed by atoms with Crippen molar-refractivity contribution in [3.8, 4) is 5.75 Å². The number of carbonyl (C=O) groups is 1. The lowest BCUT2D eigenvalue weighted by atomic mass is 10.1. The number of aliphatic hydroxyl groups excluding tert-OH is 1. The molecular weight excluding hydrogens is 268 g/mol. The highest BCUT2D eigenvalue weighted by Crippen LogP contribution is 2.13. The second kappa shape index (κ2) is 13.4. The number of carboxylic acids is 1. The molecule has 4 nitrogen and oxygen atoms in total. The van der Waals surface area contributed by atoms with Crippen LogP contribution in [0.1, 0.15) is 57.9 Å². The largest absolute Gasteiger partial charge is 0.494 e. The number of unbranched alkanes of at least 4 members (excludes halogenated alkanes) is 5. The summed E-state index contributed by atoms with van der Waals surface area (Å²) in [6, 6.07) is 7.64. The minimum Gasteiger partial charge on any atom is -0.494 e. The third-order valence-corrected chi connectivity index (χ3v) is 2.87. The molecule has 0 aromatic heterocycles. The first kappa shape index (κ1) is 19.4. The van der Waals surface area contributed by atoms with Crippen LogP contribution in [0.5, 0.6) is 5.75 Å².